The molecule has 4 nitrogen and oxygen atoms in total. The summed E-state index contributed by atoms with van der Waals surface area (Å²) < 4.78 is 29.4. The van der Waals surface area contributed by atoms with E-state index in [-0.39, 0.29) is 11.3 Å². The van der Waals surface area contributed by atoms with Gasteiger partial charge in [0.25, 0.3) is 0 Å². The second-order valence-corrected chi connectivity index (χ2v) is 7.26. The van der Waals surface area contributed by atoms with Gasteiger partial charge in [-0.05, 0) is 43.5 Å². The molecule has 0 saturated carbocycles. The quantitative estimate of drug-likeness (QED) is 0.801. The number of ether oxygens (including phenoxy) is 1. The molecule has 20 heavy (non-hydrogen) atoms. The average Bonchev–Trinajstić information content (AvgIpc) is 2.45. The van der Waals surface area contributed by atoms with Gasteiger partial charge in [0.05, 0.1) is 10.6 Å². The molecule has 0 atom stereocenters. The van der Waals surface area contributed by atoms with Gasteiger partial charge in [-0.2, -0.15) is 0 Å². The first-order valence-corrected chi connectivity index (χ1v) is 8.76. The van der Waals surface area contributed by atoms with Crippen LogP contribution in [0.2, 0.25) is 0 Å². The van der Waals surface area contributed by atoms with Gasteiger partial charge in [0.1, 0.15) is 12.4 Å². The van der Waals surface area contributed by atoms with Crippen molar-refractivity contribution in [2.45, 2.75) is 50.5 Å². The SMILES string of the molecule is CCCS(=O)(=O)c1ccc(OCC(N)(CC)CC)cc1. The van der Waals surface area contributed by atoms with E-state index in [0.29, 0.717) is 23.7 Å². The maximum absolute atomic E-state index is 11.9. The Kier molecular flexibility index (Phi) is 6.02. The van der Waals surface area contributed by atoms with Crippen LogP contribution in [-0.4, -0.2) is 26.3 Å². The minimum absolute atomic E-state index is 0.171. The van der Waals surface area contributed by atoms with Gasteiger partial charge in [-0.15, -0.1) is 0 Å². The zero-order valence-corrected chi connectivity index (χ0v) is 13.4. The Morgan fingerprint density at radius 2 is 1.65 bits per heavy atom. The molecule has 0 aliphatic heterocycles. The fourth-order valence-electron chi connectivity index (χ4n) is 1.81. The van der Waals surface area contributed by atoms with Crippen molar-refractivity contribution >= 4 is 9.84 Å². The Labute approximate surface area is 122 Å². The lowest BCUT2D eigenvalue weighted by molar-refractivity contribution is 0.207. The van der Waals surface area contributed by atoms with E-state index in [2.05, 4.69) is 0 Å². The topological polar surface area (TPSA) is 69.4 Å². The van der Waals surface area contributed by atoms with Gasteiger partial charge in [0.2, 0.25) is 0 Å². The van der Waals surface area contributed by atoms with Gasteiger partial charge < -0.3 is 10.5 Å². The summed E-state index contributed by atoms with van der Waals surface area (Å²) in [5.41, 5.74) is 5.84. The monoisotopic (exact) mass is 299 g/mol. The molecule has 0 fully saturated rings. The van der Waals surface area contributed by atoms with Crippen molar-refractivity contribution in [2.24, 2.45) is 5.73 Å². The molecule has 0 heterocycles. The molecule has 2 N–H and O–H groups in total. The average molecular weight is 299 g/mol. The van der Waals surface area contributed by atoms with Crippen molar-refractivity contribution < 1.29 is 13.2 Å². The lowest BCUT2D eigenvalue weighted by Gasteiger charge is -2.26. The van der Waals surface area contributed by atoms with Crippen LogP contribution in [-0.2, 0) is 9.84 Å². The number of rotatable bonds is 8. The van der Waals surface area contributed by atoms with E-state index in [4.69, 9.17) is 10.5 Å². The lowest BCUT2D eigenvalue weighted by Crippen LogP contribution is -2.44. The molecule has 0 aromatic heterocycles. The van der Waals surface area contributed by atoms with E-state index in [9.17, 15) is 8.42 Å². The second kappa shape index (κ2) is 7.09. The highest BCUT2D eigenvalue weighted by molar-refractivity contribution is 7.91. The third kappa shape index (κ3) is 4.49. The Hall–Kier alpha value is -1.07. The Bertz CT molecular complexity index is 504. The maximum Gasteiger partial charge on any atom is 0.178 e. The van der Waals surface area contributed by atoms with Gasteiger partial charge in [-0.1, -0.05) is 20.8 Å². The summed E-state index contributed by atoms with van der Waals surface area (Å²) in [6.45, 7) is 6.35. The van der Waals surface area contributed by atoms with Crippen molar-refractivity contribution in [3.05, 3.63) is 24.3 Å². The van der Waals surface area contributed by atoms with Crippen LogP contribution in [0.15, 0.2) is 29.2 Å². The summed E-state index contributed by atoms with van der Waals surface area (Å²) >= 11 is 0. The molecule has 0 bridgehead atoms. The Balaban J connectivity index is 2.73. The summed E-state index contributed by atoms with van der Waals surface area (Å²) in [6, 6.07) is 6.56. The van der Waals surface area contributed by atoms with Crippen LogP contribution in [0.5, 0.6) is 5.75 Å². The van der Waals surface area contributed by atoms with Crippen LogP contribution in [0.3, 0.4) is 0 Å². The number of nitrogens with two attached hydrogens (primary N) is 1. The van der Waals surface area contributed by atoms with Crippen LogP contribution in [0, 0.1) is 0 Å². The van der Waals surface area contributed by atoms with Crippen LogP contribution < -0.4 is 10.5 Å². The molecule has 0 amide bonds. The summed E-state index contributed by atoms with van der Waals surface area (Å²) in [7, 11) is -3.16. The second-order valence-electron chi connectivity index (χ2n) is 5.15. The number of hydrogen-bond acceptors (Lipinski definition) is 4. The first-order chi connectivity index (χ1) is 9.37. The summed E-state index contributed by atoms with van der Waals surface area (Å²) in [6.07, 6.45) is 2.29. The molecule has 0 saturated heterocycles. The molecule has 0 radical (unpaired) electrons. The minimum atomic E-state index is -3.16. The van der Waals surface area contributed by atoms with Crippen LogP contribution in [0.1, 0.15) is 40.0 Å². The molecule has 1 rings (SSSR count). The number of hydrogen-bond donors (Lipinski definition) is 1. The van der Waals surface area contributed by atoms with Crippen molar-refractivity contribution in [3.63, 3.8) is 0 Å². The highest BCUT2D eigenvalue weighted by atomic mass is 32.2. The van der Waals surface area contributed by atoms with Gasteiger partial charge in [-0.3, -0.25) is 0 Å². The van der Waals surface area contributed by atoms with Crippen molar-refractivity contribution in [2.75, 3.05) is 12.4 Å². The maximum atomic E-state index is 11.9. The molecule has 0 aliphatic rings. The lowest BCUT2D eigenvalue weighted by atomic mass is 9.96. The largest absolute Gasteiger partial charge is 0.492 e. The predicted molar refractivity (Wildman–Crippen MR) is 81.8 cm³/mol. The van der Waals surface area contributed by atoms with Gasteiger partial charge in [0, 0.05) is 5.54 Å². The van der Waals surface area contributed by atoms with Crippen molar-refractivity contribution in [1.29, 1.82) is 0 Å². The van der Waals surface area contributed by atoms with Gasteiger partial charge in [0.15, 0.2) is 9.84 Å². The first-order valence-electron chi connectivity index (χ1n) is 7.11. The first kappa shape index (κ1) is 17.0. The number of sulfone groups is 1. The zero-order chi connectivity index (χ0) is 15.2. The van der Waals surface area contributed by atoms with E-state index in [1.165, 1.54) is 0 Å². The Morgan fingerprint density at radius 1 is 1.10 bits per heavy atom. The standard InChI is InChI=1S/C15H25NO3S/c1-4-11-20(17,18)14-9-7-13(8-10-14)19-12-15(16,5-2)6-3/h7-10H,4-6,11-12,16H2,1-3H3. The molecule has 0 unspecified atom stereocenters. The fourth-order valence-corrected chi connectivity index (χ4v) is 3.13. The van der Waals surface area contributed by atoms with Crippen molar-refractivity contribution in [1.82, 2.24) is 0 Å². The molecule has 1 aromatic rings. The summed E-state index contributed by atoms with van der Waals surface area (Å²) in [5, 5.41) is 0. The van der Waals surface area contributed by atoms with Gasteiger partial charge in [-0.25, -0.2) is 8.42 Å². The molecule has 0 spiro atoms. The normalized spacial score (nSPS) is 12.4. The molecular formula is C15H25NO3S. The minimum Gasteiger partial charge on any atom is -0.492 e. The van der Waals surface area contributed by atoms with Crippen molar-refractivity contribution in [3.8, 4) is 5.75 Å². The summed E-state index contributed by atoms with van der Waals surface area (Å²) in [4.78, 5) is 0.344. The molecule has 1 aromatic carbocycles. The van der Waals surface area contributed by atoms with Crippen LogP contribution in [0.25, 0.3) is 0 Å². The molecular weight excluding hydrogens is 274 g/mol. The zero-order valence-electron chi connectivity index (χ0n) is 12.6. The van der Waals surface area contributed by atoms with E-state index >= 15 is 0 Å². The molecule has 0 aliphatic carbocycles. The molecule has 114 valence electrons. The fraction of sp³-hybridized carbons (Fsp3) is 0.600. The number of benzene rings is 1. The highest BCUT2D eigenvalue weighted by Crippen LogP contribution is 2.20. The van der Waals surface area contributed by atoms with E-state index in [1.807, 2.05) is 20.8 Å². The summed E-state index contributed by atoms with van der Waals surface area (Å²) in [5.74, 6) is 0.822. The van der Waals surface area contributed by atoms with Crippen LogP contribution in [0.4, 0.5) is 0 Å². The van der Waals surface area contributed by atoms with Crippen LogP contribution >= 0.6 is 0 Å². The Morgan fingerprint density at radius 3 is 2.10 bits per heavy atom. The third-order valence-electron chi connectivity index (χ3n) is 3.59. The third-order valence-corrected chi connectivity index (χ3v) is 5.53. The smallest absolute Gasteiger partial charge is 0.178 e. The van der Waals surface area contributed by atoms with E-state index in [1.54, 1.807) is 24.3 Å². The predicted octanol–water partition coefficient (Wildman–Crippen LogP) is 2.77. The van der Waals surface area contributed by atoms with Gasteiger partial charge >= 0.3 is 0 Å². The highest BCUT2D eigenvalue weighted by Gasteiger charge is 2.21. The molecule has 5 heteroatoms. The van der Waals surface area contributed by atoms with E-state index < -0.39 is 9.84 Å². The van der Waals surface area contributed by atoms with E-state index in [0.717, 1.165) is 12.8 Å².